The van der Waals surface area contributed by atoms with Gasteiger partial charge < -0.3 is 5.11 Å². The van der Waals surface area contributed by atoms with Crippen molar-refractivity contribution >= 4 is 11.3 Å². The molecule has 0 aliphatic carbocycles. The summed E-state index contributed by atoms with van der Waals surface area (Å²) in [5.41, 5.74) is 2.14. The maximum Gasteiger partial charge on any atom is 0.0636 e. The highest BCUT2D eigenvalue weighted by Gasteiger charge is 2.07. The van der Waals surface area contributed by atoms with E-state index in [2.05, 4.69) is 10.4 Å². The van der Waals surface area contributed by atoms with Crippen LogP contribution < -0.4 is 0 Å². The Morgan fingerprint density at radius 1 is 1.27 bits per heavy atom. The van der Waals surface area contributed by atoms with Crippen LogP contribution in [0.1, 0.15) is 11.3 Å². The first-order valence-electron chi connectivity index (χ1n) is 4.93. The predicted molar refractivity (Wildman–Crippen MR) is 62.0 cm³/mol. The van der Waals surface area contributed by atoms with Gasteiger partial charge in [-0.05, 0) is 40.9 Å². The minimum absolute atomic E-state index is 0.338. The summed E-state index contributed by atoms with van der Waals surface area (Å²) in [4.78, 5) is 4.19. The number of rotatable bonds is 4. The van der Waals surface area contributed by atoms with Crippen molar-refractivity contribution in [1.82, 2.24) is 4.98 Å². The quantitative estimate of drug-likeness (QED) is 0.856. The Balaban J connectivity index is 1.90. The van der Waals surface area contributed by atoms with Crippen molar-refractivity contribution in [1.29, 1.82) is 0 Å². The Labute approximate surface area is 93.2 Å². The van der Waals surface area contributed by atoms with Crippen molar-refractivity contribution in [2.45, 2.75) is 18.9 Å². The average molecular weight is 219 g/mol. The molecular weight excluding hydrogens is 206 g/mol. The average Bonchev–Trinajstić information content (AvgIpc) is 2.71. The molecule has 0 saturated heterocycles. The van der Waals surface area contributed by atoms with E-state index >= 15 is 0 Å². The second-order valence-electron chi connectivity index (χ2n) is 3.51. The van der Waals surface area contributed by atoms with E-state index in [0.717, 1.165) is 5.69 Å². The Morgan fingerprint density at radius 2 is 2.20 bits per heavy atom. The summed E-state index contributed by atoms with van der Waals surface area (Å²) in [6.07, 6.45) is 2.75. The topological polar surface area (TPSA) is 33.1 Å². The fourth-order valence-electron chi connectivity index (χ4n) is 1.51. The molecule has 0 aliphatic heterocycles. The van der Waals surface area contributed by atoms with Gasteiger partial charge in [0.2, 0.25) is 0 Å². The first-order chi connectivity index (χ1) is 7.34. The Hall–Kier alpha value is -1.19. The highest BCUT2D eigenvalue weighted by atomic mass is 32.1. The van der Waals surface area contributed by atoms with E-state index in [1.165, 1.54) is 5.56 Å². The molecule has 0 fully saturated rings. The van der Waals surface area contributed by atoms with E-state index in [1.807, 2.05) is 29.6 Å². The monoisotopic (exact) mass is 219 g/mol. The summed E-state index contributed by atoms with van der Waals surface area (Å²) < 4.78 is 0. The first kappa shape index (κ1) is 10.3. The lowest BCUT2D eigenvalue weighted by Gasteiger charge is -2.08. The molecule has 1 atom stereocenters. The van der Waals surface area contributed by atoms with E-state index in [0.29, 0.717) is 12.8 Å². The van der Waals surface area contributed by atoms with Crippen molar-refractivity contribution in [2.24, 2.45) is 0 Å². The van der Waals surface area contributed by atoms with Crippen LogP contribution in [0, 0.1) is 0 Å². The molecule has 0 amide bonds. The van der Waals surface area contributed by atoms with Gasteiger partial charge in [0, 0.05) is 18.3 Å². The van der Waals surface area contributed by atoms with Crippen molar-refractivity contribution in [2.75, 3.05) is 0 Å². The predicted octanol–water partition coefficient (Wildman–Crippen LogP) is 2.29. The lowest BCUT2D eigenvalue weighted by Crippen LogP contribution is -2.14. The smallest absolute Gasteiger partial charge is 0.0636 e. The van der Waals surface area contributed by atoms with Gasteiger partial charge in [-0.15, -0.1) is 0 Å². The number of hydrogen-bond donors (Lipinski definition) is 1. The standard InChI is InChI=1S/C12H13NOS/c14-12(7-10-4-6-15-9-10)8-11-3-1-2-5-13-11/h1-6,9,12,14H,7-8H2. The molecule has 0 radical (unpaired) electrons. The van der Waals surface area contributed by atoms with Gasteiger partial charge in [-0.25, -0.2) is 0 Å². The molecule has 2 aromatic heterocycles. The molecule has 1 unspecified atom stereocenters. The van der Waals surface area contributed by atoms with E-state index in [4.69, 9.17) is 0 Å². The first-order valence-corrected chi connectivity index (χ1v) is 5.88. The van der Waals surface area contributed by atoms with Crippen LogP contribution >= 0.6 is 11.3 Å². The maximum atomic E-state index is 9.84. The van der Waals surface area contributed by atoms with E-state index < -0.39 is 0 Å². The fraction of sp³-hybridized carbons (Fsp3) is 0.250. The molecular formula is C12H13NOS. The van der Waals surface area contributed by atoms with Crippen molar-refractivity contribution in [3.63, 3.8) is 0 Å². The summed E-state index contributed by atoms with van der Waals surface area (Å²) >= 11 is 1.66. The van der Waals surface area contributed by atoms with Crippen LogP contribution in [0.3, 0.4) is 0 Å². The van der Waals surface area contributed by atoms with Gasteiger partial charge in [0.25, 0.3) is 0 Å². The Bertz CT molecular complexity index is 385. The molecule has 1 N–H and O–H groups in total. The number of aliphatic hydroxyl groups excluding tert-OH is 1. The number of pyridine rings is 1. The maximum absolute atomic E-state index is 9.84. The van der Waals surface area contributed by atoms with Gasteiger partial charge in [-0.1, -0.05) is 6.07 Å². The highest BCUT2D eigenvalue weighted by Crippen LogP contribution is 2.10. The van der Waals surface area contributed by atoms with E-state index in [-0.39, 0.29) is 6.10 Å². The number of hydrogen-bond acceptors (Lipinski definition) is 3. The number of thiophene rings is 1. The molecule has 78 valence electrons. The molecule has 2 heterocycles. The van der Waals surface area contributed by atoms with Gasteiger partial charge >= 0.3 is 0 Å². The molecule has 3 heteroatoms. The second kappa shape index (κ2) is 5.05. The summed E-state index contributed by atoms with van der Waals surface area (Å²) in [6, 6.07) is 7.82. The molecule has 0 aromatic carbocycles. The minimum atomic E-state index is -0.338. The number of aliphatic hydroxyl groups is 1. The van der Waals surface area contributed by atoms with Crippen LogP contribution in [-0.2, 0) is 12.8 Å². The van der Waals surface area contributed by atoms with Crippen LogP contribution in [0.4, 0.5) is 0 Å². The largest absolute Gasteiger partial charge is 0.392 e. The van der Waals surface area contributed by atoms with Crippen LogP contribution in [-0.4, -0.2) is 16.2 Å². The minimum Gasteiger partial charge on any atom is -0.392 e. The molecule has 0 spiro atoms. The van der Waals surface area contributed by atoms with Gasteiger partial charge in [-0.3, -0.25) is 4.98 Å². The summed E-state index contributed by atoms with van der Waals surface area (Å²) in [5.74, 6) is 0. The van der Waals surface area contributed by atoms with Crippen LogP contribution in [0.15, 0.2) is 41.2 Å². The zero-order chi connectivity index (χ0) is 10.5. The normalized spacial score (nSPS) is 12.6. The fourth-order valence-corrected chi connectivity index (χ4v) is 2.19. The molecule has 15 heavy (non-hydrogen) atoms. The zero-order valence-corrected chi connectivity index (χ0v) is 9.15. The lowest BCUT2D eigenvalue weighted by atomic mass is 10.1. The highest BCUT2D eigenvalue weighted by molar-refractivity contribution is 7.07. The Kier molecular flexibility index (Phi) is 3.48. The lowest BCUT2D eigenvalue weighted by molar-refractivity contribution is 0.174. The van der Waals surface area contributed by atoms with Crippen LogP contribution in [0.2, 0.25) is 0 Å². The third kappa shape index (κ3) is 3.15. The van der Waals surface area contributed by atoms with Crippen molar-refractivity contribution < 1.29 is 5.11 Å². The number of nitrogens with zero attached hydrogens (tertiary/aromatic N) is 1. The molecule has 2 nitrogen and oxygen atoms in total. The summed E-state index contributed by atoms with van der Waals surface area (Å²) in [5, 5.41) is 13.9. The van der Waals surface area contributed by atoms with Gasteiger partial charge in [0.05, 0.1) is 6.10 Å². The third-order valence-corrected chi connectivity index (χ3v) is 2.95. The molecule has 0 aliphatic rings. The van der Waals surface area contributed by atoms with E-state index in [1.54, 1.807) is 17.5 Å². The third-order valence-electron chi connectivity index (χ3n) is 2.22. The van der Waals surface area contributed by atoms with E-state index in [9.17, 15) is 5.11 Å². The number of aromatic nitrogens is 1. The van der Waals surface area contributed by atoms with Crippen molar-refractivity contribution in [3.05, 3.63) is 52.5 Å². The van der Waals surface area contributed by atoms with Gasteiger partial charge in [0.1, 0.15) is 0 Å². The molecule has 2 rings (SSSR count). The summed E-state index contributed by atoms with van der Waals surface area (Å²) in [7, 11) is 0. The SMILES string of the molecule is OC(Cc1ccsc1)Cc1ccccn1. The molecule has 0 bridgehead atoms. The Morgan fingerprint density at radius 3 is 2.87 bits per heavy atom. The van der Waals surface area contributed by atoms with Crippen LogP contribution in [0.25, 0.3) is 0 Å². The second-order valence-corrected chi connectivity index (χ2v) is 4.29. The van der Waals surface area contributed by atoms with Gasteiger partial charge in [-0.2, -0.15) is 11.3 Å². The van der Waals surface area contributed by atoms with Gasteiger partial charge in [0.15, 0.2) is 0 Å². The molecule has 0 saturated carbocycles. The molecule has 2 aromatic rings. The summed E-state index contributed by atoms with van der Waals surface area (Å²) in [6.45, 7) is 0. The van der Waals surface area contributed by atoms with Crippen LogP contribution in [0.5, 0.6) is 0 Å². The van der Waals surface area contributed by atoms with Crippen molar-refractivity contribution in [3.8, 4) is 0 Å². The zero-order valence-electron chi connectivity index (χ0n) is 8.34.